The molecule has 1 aliphatic carbocycles. The Morgan fingerprint density at radius 1 is 1.36 bits per heavy atom. The number of nitriles is 1. The van der Waals surface area contributed by atoms with Crippen molar-refractivity contribution in [1.82, 2.24) is 0 Å². The average molecular weight is 151 g/mol. The van der Waals surface area contributed by atoms with E-state index in [0.29, 0.717) is 5.92 Å². The molecule has 0 amide bonds. The predicted molar refractivity (Wildman–Crippen MR) is 45.9 cm³/mol. The van der Waals surface area contributed by atoms with E-state index in [0.717, 1.165) is 6.42 Å². The minimum atomic E-state index is -0.0909. The second-order valence-electron chi connectivity index (χ2n) is 4.61. The minimum absolute atomic E-state index is 0.0909. The van der Waals surface area contributed by atoms with Crippen LogP contribution in [0, 0.1) is 28.1 Å². The Morgan fingerprint density at radius 2 is 1.91 bits per heavy atom. The van der Waals surface area contributed by atoms with Gasteiger partial charge in [-0.1, -0.05) is 20.8 Å². The van der Waals surface area contributed by atoms with Gasteiger partial charge in [0, 0.05) is 0 Å². The van der Waals surface area contributed by atoms with Gasteiger partial charge in [-0.15, -0.1) is 0 Å². The normalized spacial score (nSPS) is 41.9. The molecule has 0 aromatic rings. The van der Waals surface area contributed by atoms with Gasteiger partial charge in [0.05, 0.1) is 11.5 Å². The molecule has 0 N–H and O–H groups in total. The van der Waals surface area contributed by atoms with Gasteiger partial charge in [0.15, 0.2) is 0 Å². The topological polar surface area (TPSA) is 23.8 Å². The van der Waals surface area contributed by atoms with E-state index in [-0.39, 0.29) is 10.8 Å². The fourth-order valence-electron chi connectivity index (χ4n) is 1.93. The number of hydrogen-bond donors (Lipinski definition) is 0. The maximum Gasteiger partial charge on any atom is 0.0692 e. The SMILES string of the molecule is C[C@H]1CC[C@@](C)(C#N)C1(C)C. The Labute approximate surface area is 69.4 Å². The molecule has 1 aliphatic rings. The standard InChI is InChI=1S/C10H17N/c1-8-5-6-10(4,7-11)9(8,2)3/h8H,5-6H2,1-4H3/t8-,10-/m0/s1. The Bertz CT molecular complexity index is 199. The van der Waals surface area contributed by atoms with E-state index in [1.165, 1.54) is 6.42 Å². The van der Waals surface area contributed by atoms with Gasteiger partial charge in [0.1, 0.15) is 0 Å². The van der Waals surface area contributed by atoms with Crippen LogP contribution in [0.5, 0.6) is 0 Å². The van der Waals surface area contributed by atoms with Crippen LogP contribution >= 0.6 is 0 Å². The largest absolute Gasteiger partial charge is 0.198 e. The lowest BCUT2D eigenvalue weighted by atomic mass is 9.67. The Balaban J connectivity index is 2.97. The summed E-state index contributed by atoms with van der Waals surface area (Å²) in [7, 11) is 0. The second kappa shape index (κ2) is 2.24. The highest BCUT2D eigenvalue weighted by Crippen LogP contribution is 2.55. The summed E-state index contributed by atoms with van der Waals surface area (Å²) in [5.74, 6) is 0.687. The summed E-state index contributed by atoms with van der Waals surface area (Å²) in [4.78, 5) is 0. The van der Waals surface area contributed by atoms with Gasteiger partial charge in [-0.05, 0) is 31.1 Å². The van der Waals surface area contributed by atoms with E-state index in [1.807, 2.05) is 0 Å². The third kappa shape index (κ3) is 0.965. The summed E-state index contributed by atoms with van der Waals surface area (Å²) >= 11 is 0. The molecule has 0 radical (unpaired) electrons. The van der Waals surface area contributed by atoms with Crippen molar-refractivity contribution in [1.29, 1.82) is 5.26 Å². The first-order valence-corrected chi connectivity index (χ1v) is 4.35. The molecule has 62 valence electrons. The molecule has 1 nitrogen and oxygen atoms in total. The van der Waals surface area contributed by atoms with E-state index in [4.69, 9.17) is 5.26 Å². The van der Waals surface area contributed by atoms with Crippen molar-refractivity contribution in [2.45, 2.75) is 40.5 Å². The number of rotatable bonds is 0. The minimum Gasteiger partial charge on any atom is -0.198 e. The highest BCUT2D eigenvalue weighted by atomic mass is 14.5. The van der Waals surface area contributed by atoms with Crippen molar-refractivity contribution >= 4 is 0 Å². The first-order valence-electron chi connectivity index (χ1n) is 4.35. The van der Waals surface area contributed by atoms with Crippen LogP contribution in [0.4, 0.5) is 0 Å². The van der Waals surface area contributed by atoms with Gasteiger partial charge >= 0.3 is 0 Å². The molecule has 1 fully saturated rings. The zero-order chi connectivity index (χ0) is 8.70. The highest BCUT2D eigenvalue weighted by molar-refractivity contribution is 5.10. The molecule has 0 heterocycles. The van der Waals surface area contributed by atoms with Crippen molar-refractivity contribution in [2.75, 3.05) is 0 Å². The lowest BCUT2D eigenvalue weighted by molar-refractivity contribution is 0.152. The fraction of sp³-hybridized carbons (Fsp3) is 0.900. The molecule has 1 saturated carbocycles. The predicted octanol–water partition coefficient (Wildman–Crippen LogP) is 2.97. The van der Waals surface area contributed by atoms with Crippen molar-refractivity contribution in [2.24, 2.45) is 16.7 Å². The smallest absolute Gasteiger partial charge is 0.0692 e. The van der Waals surface area contributed by atoms with Gasteiger partial charge in [-0.3, -0.25) is 0 Å². The van der Waals surface area contributed by atoms with Gasteiger partial charge < -0.3 is 0 Å². The molecule has 0 aromatic heterocycles. The molecule has 0 aromatic carbocycles. The third-order valence-electron chi connectivity index (χ3n) is 3.98. The van der Waals surface area contributed by atoms with E-state index in [2.05, 4.69) is 33.8 Å². The van der Waals surface area contributed by atoms with Crippen molar-refractivity contribution in [3.05, 3.63) is 0 Å². The van der Waals surface area contributed by atoms with Crippen LogP contribution in [0.1, 0.15) is 40.5 Å². The zero-order valence-corrected chi connectivity index (χ0v) is 7.94. The summed E-state index contributed by atoms with van der Waals surface area (Å²) in [6, 6.07) is 2.46. The molecule has 1 heteroatoms. The van der Waals surface area contributed by atoms with Gasteiger partial charge in [-0.25, -0.2) is 0 Å². The van der Waals surface area contributed by atoms with Crippen LogP contribution < -0.4 is 0 Å². The summed E-state index contributed by atoms with van der Waals surface area (Å²) in [5, 5.41) is 9.03. The maximum atomic E-state index is 9.03. The zero-order valence-electron chi connectivity index (χ0n) is 7.94. The summed E-state index contributed by atoms with van der Waals surface area (Å²) in [6.45, 7) is 8.78. The molecule has 0 unspecified atom stereocenters. The molecule has 0 bridgehead atoms. The fourth-order valence-corrected chi connectivity index (χ4v) is 1.93. The van der Waals surface area contributed by atoms with Crippen LogP contribution in [-0.2, 0) is 0 Å². The first-order chi connectivity index (χ1) is 4.94. The average Bonchev–Trinajstić information content (AvgIpc) is 2.15. The van der Waals surface area contributed by atoms with Crippen LogP contribution in [0.15, 0.2) is 0 Å². The molecule has 1 rings (SSSR count). The highest BCUT2D eigenvalue weighted by Gasteiger charge is 2.49. The van der Waals surface area contributed by atoms with E-state index in [9.17, 15) is 0 Å². The van der Waals surface area contributed by atoms with E-state index in [1.54, 1.807) is 0 Å². The molecule has 0 spiro atoms. The van der Waals surface area contributed by atoms with E-state index < -0.39 is 0 Å². The molecular formula is C10H17N. The molecular weight excluding hydrogens is 134 g/mol. The molecule has 11 heavy (non-hydrogen) atoms. The quantitative estimate of drug-likeness (QED) is 0.522. The Hall–Kier alpha value is -0.510. The van der Waals surface area contributed by atoms with Gasteiger partial charge in [0.2, 0.25) is 0 Å². The first kappa shape index (κ1) is 8.59. The van der Waals surface area contributed by atoms with Crippen molar-refractivity contribution in [3.63, 3.8) is 0 Å². The summed E-state index contributed by atoms with van der Waals surface area (Å²) < 4.78 is 0. The van der Waals surface area contributed by atoms with Gasteiger partial charge in [0.25, 0.3) is 0 Å². The van der Waals surface area contributed by atoms with Gasteiger partial charge in [-0.2, -0.15) is 5.26 Å². The van der Waals surface area contributed by atoms with Crippen molar-refractivity contribution in [3.8, 4) is 6.07 Å². The number of hydrogen-bond acceptors (Lipinski definition) is 1. The second-order valence-corrected chi connectivity index (χ2v) is 4.61. The Morgan fingerprint density at radius 3 is 2.09 bits per heavy atom. The summed E-state index contributed by atoms with van der Waals surface area (Å²) in [6.07, 6.45) is 2.27. The van der Waals surface area contributed by atoms with Crippen LogP contribution in [0.2, 0.25) is 0 Å². The number of nitrogens with zero attached hydrogens (tertiary/aromatic N) is 1. The Kier molecular flexibility index (Phi) is 1.75. The van der Waals surface area contributed by atoms with Crippen LogP contribution in [0.3, 0.4) is 0 Å². The van der Waals surface area contributed by atoms with Crippen molar-refractivity contribution < 1.29 is 0 Å². The molecule has 2 atom stereocenters. The summed E-state index contributed by atoms with van der Waals surface area (Å²) in [5.41, 5.74) is 0.105. The molecule has 0 aliphatic heterocycles. The third-order valence-corrected chi connectivity index (χ3v) is 3.98. The molecule has 0 saturated heterocycles. The van der Waals surface area contributed by atoms with Crippen LogP contribution in [-0.4, -0.2) is 0 Å². The maximum absolute atomic E-state index is 9.03. The lowest BCUT2D eigenvalue weighted by Gasteiger charge is -2.35. The monoisotopic (exact) mass is 151 g/mol. The van der Waals surface area contributed by atoms with Crippen LogP contribution in [0.25, 0.3) is 0 Å². The van der Waals surface area contributed by atoms with E-state index >= 15 is 0 Å². The lowest BCUT2D eigenvalue weighted by Crippen LogP contribution is -2.31.